The SMILES string of the molecule is O=C(O)C(C(=O)/C=C\c1cccc(O)c1)=C1SCCS1. The molecule has 1 aliphatic rings. The van der Waals surface area contributed by atoms with Crippen LogP contribution in [0.3, 0.4) is 0 Å². The molecular weight excluding hydrogens is 296 g/mol. The molecule has 1 aromatic rings. The second-order valence-corrected chi connectivity index (χ2v) is 6.43. The Morgan fingerprint density at radius 3 is 2.50 bits per heavy atom. The second kappa shape index (κ2) is 6.67. The van der Waals surface area contributed by atoms with Crippen molar-refractivity contribution in [3.05, 3.63) is 45.7 Å². The highest BCUT2D eigenvalue weighted by molar-refractivity contribution is 8.25. The Hall–Kier alpha value is -1.66. The average Bonchev–Trinajstić information content (AvgIpc) is 2.90. The van der Waals surface area contributed by atoms with Gasteiger partial charge in [0.1, 0.15) is 11.3 Å². The fourth-order valence-corrected chi connectivity index (χ4v) is 4.17. The van der Waals surface area contributed by atoms with Crippen LogP contribution in [0.2, 0.25) is 0 Å². The van der Waals surface area contributed by atoms with Crippen molar-refractivity contribution in [3.63, 3.8) is 0 Å². The standard InChI is InChI=1S/C14H12O4S2/c15-10-3-1-2-9(8-10)4-5-11(16)12(13(17)18)14-19-6-7-20-14/h1-5,8,15H,6-7H2,(H,17,18)/b5-4-. The second-order valence-electron chi connectivity index (χ2n) is 3.96. The molecule has 20 heavy (non-hydrogen) atoms. The Kier molecular flexibility index (Phi) is 4.92. The van der Waals surface area contributed by atoms with Crippen LogP contribution in [0.5, 0.6) is 5.75 Å². The van der Waals surface area contributed by atoms with Crippen LogP contribution in [0.4, 0.5) is 0 Å². The van der Waals surface area contributed by atoms with E-state index in [9.17, 15) is 14.7 Å². The molecule has 0 radical (unpaired) electrons. The van der Waals surface area contributed by atoms with Crippen LogP contribution >= 0.6 is 23.5 Å². The van der Waals surface area contributed by atoms with E-state index < -0.39 is 11.8 Å². The summed E-state index contributed by atoms with van der Waals surface area (Å²) in [5.74, 6) is 0.00392. The van der Waals surface area contributed by atoms with E-state index in [0.717, 1.165) is 11.5 Å². The molecule has 0 unspecified atom stereocenters. The molecular formula is C14H12O4S2. The molecule has 1 fully saturated rings. The van der Waals surface area contributed by atoms with E-state index in [2.05, 4.69) is 0 Å². The average molecular weight is 308 g/mol. The minimum absolute atomic E-state index is 0.0957. The zero-order chi connectivity index (χ0) is 14.5. The van der Waals surface area contributed by atoms with E-state index in [4.69, 9.17) is 5.11 Å². The largest absolute Gasteiger partial charge is 0.508 e. The number of aliphatic carboxylic acids is 1. The first-order valence-electron chi connectivity index (χ1n) is 5.82. The minimum Gasteiger partial charge on any atom is -0.508 e. The molecule has 1 aromatic carbocycles. The predicted molar refractivity (Wildman–Crippen MR) is 81.7 cm³/mol. The van der Waals surface area contributed by atoms with E-state index in [1.165, 1.54) is 47.8 Å². The lowest BCUT2D eigenvalue weighted by Gasteiger charge is -2.01. The number of hydrogen-bond donors (Lipinski definition) is 2. The fraction of sp³-hybridized carbons (Fsp3) is 0.143. The van der Waals surface area contributed by atoms with Gasteiger partial charge >= 0.3 is 5.97 Å². The summed E-state index contributed by atoms with van der Waals surface area (Å²) in [5.41, 5.74) is 0.466. The first-order chi connectivity index (χ1) is 9.58. The number of carboxylic acid groups (broad SMARTS) is 1. The lowest BCUT2D eigenvalue weighted by atomic mass is 10.1. The molecule has 0 aromatic heterocycles. The van der Waals surface area contributed by atoms with Gasteiger partial charge in [-0.2, -0.15) is 0 Å². The number of hydrogen-bond acceptors (Lipinski definition) is 5. The highest BCUT2D eigenvalue weighted by atomic mass is 32.2. The Balaban J connectivity index is 2.21. The van der Waals surface area contributed by atoms with Crippen LogP contribution in [-0.2, 0) is 9.59 Å². The lowest BCUT2D eigenvalue weighted by Crippen LogP contribution is -2.11. The smallest absolute Gasteiger partial charge is 0.341 e. The number of allylic oxidation sites excluding steroid dienone is 1. The van der Waals surface area contributed by atoms with Gasteiger partial charge in [0.2, 0.25) is 0 Å². The minimum atomic E-state index is -1.20. The summed E-state index contributed by atoms with van der Waals surface area (Å²) in [6.07, 6.45) is 2.72. The zero-order valence-electron chi connectivity index (χ0n) is 10.4. The normalized spacial score (nSPS) is 14.7. The number of ketones is 1. The van der Waals surface area contributed by atoms with Gasteiger partial charge in [-0.15, -0.1) is 23.5 Å². The van der Waals surface area contributed by atoms with Gasteiger partial charge in [-0.1, -0.05) is 18.2 Å². The van der Waals surface area contributed by atoms with Crippen molar-refractivity contribution in [3.8, 4) is 5.75 Å². The summed E-state index contributed by atoms with van der Waals surface area (Å²) in [6.45, 7) is 0. The molecule has 2 N–H and O–H groups in total. The third-order valence-electron chi connectivity index (χ3n) is 2.51. The van der Waals surface area contributed by atoms with Crippen LogP contribution in [0, 0.1) is 0 Å². The predicted octanol–water partition coefficient (Wildman–Crippen LogP) is 2.75. The number of carbonyl (C=O) groups is 2. The number of phenolic OH excluding ortho intramolecular Hbond substituents is 1. The van der Waals surface area contributed by atoms with Crippen LogP contribution < -0.4 is 0 Å². The van der Waals surface area contributed by atoms with Gasteiger partial charge < -0.3 is 10.2 Å². The van der Waals surface area contributed by atoms with Gasteiger partial charge in [0, 0.05) is 11.5 Å². The third kappa shape index (κ3) is 3.68. The monoisotopic (exact) mass is 308 g/mol. The van der Waals surface area contributed by atoms with E-state index in [-0.39, 0.29) is 11.3 Å². The number of aromatic hydroxyl groups is 1. The Morgan fingerprint density at radius 2 is 1.90 bits per heavy atom. The number of rotatable bonds is 4. The Labute approximate surface area is 124 Å². The van der Waals surface area contributed by atoms with Crippen molar-refractivity contribution in [1.82, 2.24) is 0 Å². The molecule has 4 nitrogen and oxygen atoms in total. The molecule has 0 bridgehead atoms. The molecule has 2 rings (SSSR count). The molecule has 0 atom stereocenters. The van der Waals surface area contributed by atoms with Crippen molar-refractivity contribution in [2.75, 3.05) is 11.5 Å². The molecule has 104 valence electrons. The Bertz CT molecular complexity index is 597. The molecule has 0 aliphatic carbocycles. The molecule has 0 amide bonds. The van der Waals surface area contributed by atoms with E-state index in [1.807, 2.05) is 0 Å². The third-order valence-corrected chi connectivity index (χ3v) is 5.23. The van der Waals surface area contributed by atoms with E-state index >= 15 is 0 Å². The van der Waals surface area contributed by atoms with Crippen LogP contribution in [0.25, 0.3) is 6.08 Å². The maximum atomic E-state index is 12.0. The molecule has 1 saturated heterocycles. The summed E-state index contributed by atoms with van der Waals surface area (Å²) in [6, 6.07) is 6.39. The first kappa shape index (κ1) is 14.7. The van der Waals surface area contributed by atoms with Crippen molar-refractivity contribution in [2.45, 2.75) is 0 Å². The van der Waals surface area contributed by atoms with Crippen molar-refractivity contribution in [1.29, 1.82) is 0 Å². The maximum Gasteiger partial charge on any atom is 0.341 e. The topological polar surface area (TPSA) is 74.6 Å². The van der Waals surface area contributed by atoms with Gasteiger partial charge in [-0.05, 0) is 23.8 Å². The van der Waals surface area contributed by atoms with Crippen molar-refractivity contribution in [2.24, 2.45) is 0 Å². The maximum absolute atomic E-state index is 12.0. The summed E-state index contributed by atoms with van der Waals surface area (Å²) >= 11 is 2.80. The van der Waals surface area contributed by atoms with E-state index in [0.29, 0.717) is 9.80 Å². The molecule has 0 saturated carbocycles. The van der Waals surface area contributed by atoms with Crippen molar-refractivity contribution >= 4 is 41.4 Å². The summed E-state index contributed by atoms with van der Waals surface area (Å²) in [7, 11) is 0. The quantitative estimate of drug-likeness (QED) is 0.506. The highest BCUT2D eigenvalue weighted by Crippen LogP contribution is 2.39. The number of thioether (sulfide) groups is 2. The lowest BCUT2D eigenvalue weighted by molar-refractivity contribution is -0.134. The van der Waals surface area contributed by atoms with E-state index in [1.54, 1.807) is 12.1 Å². The molecule has 6 heteroatoms. The highest BCUT2D eigenvalue weighted by Gasteiger charge is 2.24. The molecule has 1 heterocycles. The summed E-state index contributed by atoms with van der Waals surface area (Å²) in [5, 5.41) is 18.5. The number of carbonyl (C=O) groups excluding carboxylic acids is 1. The fourth-order valence-electron chi connectivity index (χ4n) is 1.63. The van der Waals surface area contributed by atoms with Crippen LogP contribution in [0.1, 0.15) is 5.56 Å². The van der Waals surface area contributed by atoms with Gasteiger partial charge in [0.05, 0.1) is 4.24 Å². The molecule has 1 aliphatic heterocycles. The van der Waals surface area contributed by atoms with Crippen LogP contribution in [0.15, 0.2) is 40.2 Å². The first-order valence-corrected chi connectivity index (χ1v) is 7.79. The van der Waals surface area contributed by atoms with Gasteiger partial charge in [-0.25, -0.2) is 4.79 Å². The van der Waals surface area contributed by atoms with Crippen LogP contribution in [-0.4, -0.2) is 33.5 Å². The number of benzene rings is 1. The van der Waals surface area contributed by atoms with Gasteiger partial charge in [0.25, 0.3) is 0 Å². The summed E-state index contributed by atoms with van der Waals surface area (Å²) in [4.78, 5) is 23.2. The number of phenols is 1. The summed E-state index contributed by atoms with van der Waals surface area (Å²) < 4.78 is 0.572. The van der Waals surface area contributed by atoms with Gasteiger partial charge in [0.15, 0.2) is 5.78 Å². The van der Waals surface area contributed by atoms with Crippen molar-refractivity contribution < 1.29 is 19.8 Å². The number of carboxylic acids is 1. The zero-order valence-corrected chi connectivity index (χ0v) is 12.0. The van der Waals surface area contributed by atoms with Gasteiger partial charge in [-0.3, -0.25) is 4.79 Å². The molecule has 0 spiro atoms. The Morgan fingerprint density at radius 1 is 1.20 bits per heavy atom.